The lowest BCUT2D eigenvalue weighted by atomic mass is 10.1. The number of allylic oxidation sites excluding steroid dienone is 1. The molecule has 1 heterocycles. The lowest BCUT2D eigenvalue weighted by molar-refractivity contribution is -0.113. The van der Waals surface area contributed by atoms with Crippen molar-refractivity contribution in [1.82, 2.24) is 9.97 Å². The van der Waals surface area contributed by atoms with Gasteiger partial charge in [0, 0.05) is 0 Å². The van der Waals surface area contributed by atoms with Crippen molar-refractivity contribution in [2.75, 3.05) is 0 Å². The summed E-state index contributed by atoms with van der Waals surface area (Å²) in [5.74, 6) is -0.0511. The van der Waals surface area contributed by atoms with Crippen molar-refractivity contribution in [3.63, 3.8) is 0 Å². The topological polar surface area (TPSA) is 52.1 Å². The van der Waals surface area contributed by atoms with Crippen LogP contribution in [0.15, 0.2) is 49.5 Å². The number of nitrogens with zero attached hydrogens (tertiary/aromatic N) is 2. The van der Waals surface area contributed by atoms with Gasteiger partial charge in [0.2, 0.25) is 11.7 Å². The molecule has 0 atom stereocenters. The van der Waals surface area contributed by atoms with E-state index in [1.807, 2.05) is 25.1 Å². The number of fused-ring (bicyclic) bond motifs is 1. The van der Waals surface area contributed by atoms with Gasteiger partial charge in [-0.1, -0.05) is 25.3 Å². The third-order valence-electron chi connectivity index (χ3n) is 2.51. The van der Waals surface area contributed by atoms with Crippen LogP contribution in [-0.4, -0.2) is 15.8 Å². The van der Waals surface area contributed by atoms with Gasteiger partial charge in [-0.2, -0.15) is 0 Å². The summed E-state index contributed by atoms with van der Waals surface area (Å²) in [7, 11) is 0. The van der Waals surface area contributed by atoms with Crippen LogP contribution >= 0.6 is 0 Å². The second kappa shape index (κ2) is 4.79. The molecule has 0 saturated carbocycles. The molecule has 2 aromatic rings. The number of para-hydroxylation sites is 1. The average molecular weight is 240 g/mol. The first-order valence-electron chi connectivity index (χ1n) is 5.37. The third kappa shape index (κ3) is 2.13. The van der Waals surface area contributed by atoms with Gasteiger partial charge in [0.1, 0.15) is 6.33 Å². The number of aromatic nitrogens is 2. The van der Waals surface area contributed by atoms with Crippen LogP contribution in [0.25, 0.3) is 10.9 Å². The first-order valence-corrected chi connectivity index (χ1v) is 5.37. The van der Waals surface area contributed by atoms with Gasteiger partial charge < -0.3 is 4.74 Å². The maximum atomic E-state index is 11.3. The Hall–Kier alpha value is -2.49. The zero-order valence-electron chi connectivity index (χ0n) is 10.0. The molecule has 0 aliphatic rings. The Balaban J connectivity index is 2.46. The average Bonchev–Trinajstić information content (AvgIpc) is 2.39. The number of hydrogen-bond acceptors (Lipinski definition) is 4. The van der Waals surface area contributed by atoms with E-state index < -0.39 is 0 Å². The maximum absolute atomic E-state index is 11.3. The Morgan fingerprint density at radius 1 is 1.39 bits per heavy atom. The summed E-state index contributed by atoms with van der Waals surface area (Å²) in [6, 6.07) is 5.66. The van der Waals surface area contributed by atoms with E-state index in [2.05, 4.69) is 23.1 Å². The Bertz CT molecular complexity index is 647. The predicted octanol–water partition coefficient (Wildman–Crippen LogP) is 2.59. The van der Waals surface area contributed by atoms with Gasteiger partial charge in [0.05, 0.1) is 10.9 Å². The molecular formula is C14H12N2O2. The zero-order chi connectivity index (χ0) is 13.1. The fourth-order valence-electron chi connectivity index (χ4n) is 1.57. The molecule has 4 nitrogen and oxygen atoms in total. The summed E-state index contributed by atoms with van der Waals surface area (Å²) in [6.45, 7) is 8.87. The van der Waals surface area contributed by atoms with E-state index in [4.69, 9.17) is 4.74 Å². The van der Waals surface area contributed by atoms with E-state index >= 15 is 0 Å². The summed E-state index contributed by atoms with van der Waals surface area (Å²) in [4.78, 5) is 19.5. The summed E-state index contributed by atoms with van der Waals surface area (Å²) in [6.07, 6.45) is 2.55. The van der Waals surface area contributed by atoms with E-state index in [9.17, 15) is 4.79 Å². The molecule has 18 heavy (non-hydrogen) atoms. The minimum Gasteiger partial charge on any atom is -0.435 e. The molecule has 1 aromatic heterocycles. The highest BCUT2D eigenvalue weighted by Crippen LogP contribution is 2.24. The number of benzene rings is 1. The molecule has 0 amide bonds. The van der Waals surface area contributed by atoms with Crippen LogP contribution in [0.3, 0.4) is 0 Å². The highest BCUT2D eigenvalue weighted by Gasteiger charge is 2.10. The Labute approximate surface area is 105 Å². The summed E-state index contributed by atoms with van der Waals surface area (Å²) >= 11 is 0. The number of carbonyl (C=O) groups excluding carboxylic acids is 1. The number of ether oxygens (including phenoxy) is 1. The van der Waals surface area contributed by atoms with E-state index in [0.29, 0.717) is 5.88 Å². The van der Waals surface area contributed by atoms with E-state index in [1.54, 1.807) is 0 Å². The van der Waals surface area contributed by atoms with Gasteiger partial charge in [-0.25, -0.2) is 9.97 Å². The molecule has 2 rings (SSSR count). The Morgan fingerprint density at radius 2 is 2.17 bits per heavy atom. The molecule has 0 aliphatic carbocycles. The molecule has 0 saturated heterocycles. The molecule has 0 N–H and O–H groups in total. The number of aryl methyl sites for hydroxylation is 1. The normalized spacial score (nSPS) is 10.1. The van der Waals surface area contributed by atoms with Gasteiger partial charge in [-0.05, 0) is 24.6 Å². The van der Waals surface area contributed by atoms with Gasteiger partial charge in [-0.15, -0.1) is 0 Å². The van der Waals surface area contributed by atoms with Crippen molar-refractivity contribution in [2.45, 2.75) is 6.92 Å². The van der Waals surface area contributed by atoms with Crippen LogP contribution in [0.4, 0.5) is 0 Å². The number of ketones is 1. The van der Waals surface area contributed by atoms with E-state index in [1.165, 1.54) is 6.33 Å². The smallest absolute Gasteiger partial charge is 0.230 e. The van der Waals surface area contributed by atoms with Gasteiger partial charge >= 0.3 is 0 Å². The summed E-state index contributed by atoms with van der Waals surface area (Å²) < 4.78 is 5.37. The fourth-order valence-corrected chi connectivity index (χ4v) is 1.57. The predicted molar refractivity (Wildman–Crippen MR) is 69.2 cm³/mol. The quantitative estimate of drug-likeness (QED) is 0.609. The Kier molecular flexibility index (Phi) is 3.19. The van der Waals surface area contributed by atoms with Crippen LogP contribution in [0.1, 0.15) is 5.56 Å². The van der Waals surface area contributed by atoms with Crippen molar-refractivity contribution in [3.05, 3.63) is 55.1 Å². The molecule has 0 aliphatic heterocycles. The van der Waals surface area contributed by atoms with Gasteiger partial charge in [0.15, 0.2) is 5.76 Å². The first kappa shape index (κ1) is 12.0. The third-order valence-corrected chi connectivity index (χ3v) is 2.51. The summed E-state index contributed by atoms with van der Waals surface area (Å²) in [5, 5.41) is 0.746. The number of carbonyl (C=O) groups is 1. The molecule has 0 unspecified atom stereocenters. The van der Waals surface area contributed by atoms with Crippen molar-refractivity contribution in [3.8, 4) is 5.88 Å². The molecule has 90 valence electrons. The largest absolute Gasteiger partial charge is 0.435 e. The monoisotopic (exact) mass is 240 g/mol. The van der Waals surface area contributed by atoms with Gasteiger partial charge in [0.25, 0.3) is 0 Å². The molecule has 1 aromatic carbocycles. The minimum atomic E-state index is -0.366. The highest BCUT2D eigenvalue weighted by atomic mass is 16.5. The minimum absolute atomic E-state index is 0.00786. The molecule has 0 fully saturated rings. The number of rotatable bonds is 4. The maximum Gasteiger partial charge on any atom is 0.230 e. The highest BCUT2D eigenvalue weighted by molar-refractivity contribution is 6.02. The lowest BCUT2D eigenvalue weighted by Crippen LogP contribution is -2.06. The lowest BCUT2D eigenvalue weighted by Gasteiger charge is -2.08. The van der Waals surface area contributed by atoms with Crippen molar-refractivity contribution in [2.24, 2.45) is 0 Å². The molecule has 0 radical (unpaired) electrons. The van der Waals surface area contributed by atoms with Crippen LogP contribution in [-0.2, 0) is 4.79 Å². The SMILES string of the molecule is C=CC(=O)C(=C)Oc1ncnc2c(C)cccc12. The van der Waals surface area contributed by atoms with E-state index in [0.717, 1.165) is 22.5 Å². The fraction of sp³-hybridized carbons (Fsp3) is 0.0714. The van der Waals surface area contributed by atoms with Crippen LogP contribution in [0.2, 0.25) is 0 Å². The second-order valence-electron chi connectivity index (χ2n) is 3.74. The molecule has 0 bridgehead atoms. The molecule has 4 heteroatoms. The Morgan fingerprint density at radius 3 is 2.89 bits per heavy atom. The number of hydrogen-bond donors (Lipinski definition) is 0. The molecule has 0 spiro atoms. The molecular weight excluding hydrogens is 228 g/mol. The van der Waals surface area contributed by atoms with Crippen molar-refractivity contribution < 1.29 is 9.53 Å². The second-order valence-corrected chi connectivity index (χ2v) is 3.74. The van der Waals surface area contributed by atoms with Crippen molar-refractivity contribution >= 4 is 16.7 Å². The first-order chi connectivity index (χ1) is 8.63. The van der Waals surface area contributed by atoms with Gasteiger partial charge in [-0.3, -0.25) is 4.79 Å². The standard InChI is InChI=1S/C14H12N2O2/c1-4-12(17)10(3)18-14-11-7-5-6-9(2)13(11)15-8-16-14/h4-8H,1,3H2,2H3. The van der Waals surface area contributed by atoms with E-state index in [-0.39, 0.29) is 11.5 Å². The zero-order valence-corrected chi connectivity index (χ0v) is 10.0. The van der Waals surface area contributed by atoms with Crippen LogP contribution in [0, 0.1) is 6.92 Å². The van der Waals surface area contributed by atoms with Crippen molar-refractivity contribution in [1.29, 1.82) is 0 Å². The summed E-state index contributed by atoms with van der Waals surface area (Å²) in [5.41, 5.74) is 1.81. The van der Waals surface area contributed by atoms with Crippen LogP contribution in [0.5, 0.6) is 5.88 Å². The van der Waals surface area contributed by atoms with Crippen LogP contribution < -0.4 is 4.74 Å².